The number of nitrogens with two attached hydrogens (primary N) is 1. The van der Waals surface area contributed by atoms with Gasteiger partial charge in [0.05, 0.1) is 108 Å². The van der Waals surface area contributed by atoms with Crippen LogP contribution in [-0.4, -0.2) is 164 Å². The van der Waals surface area contributed by atoms with Crippen LogP contribution >= 0.6 is 33.3 Å². The van der Waals surface area contributed by atoms with Crippen molar-refractivity contribution in [3.63, 3.8) is 0 Å². The lowest BCUT2D eigenvalue weighted by Gasteiger charge is -2.35. The highest BCUT2D eigenvalue weighted by molar-refractivity contribution is 14.1. The van der Waals surface area contributed by atoms with Gasteiger partial charge in [0.2, 0.25) is 6.04 Å². The molecule has 24 nitrogen and oxygen atoms in total. The van der Waals surface area contributed by atoms with E-state index < -0.39 is 18.9 Å². The largest absolute Gasteiger partial charge is 0.393 e. The van der Waals surface area contributed by atoms with Crippen LogP contribution < -0.4 is 5.73 Å². The first kappa shape index (κ1) is 113. The molecule has 9 fully saturated rings. The number of H-pyrrole nitrogens is 1. The number of carbonyl (C=O) groups excluding carboxylic acids is 1. The van der Waals surface area contributed by atoms with Gasteiger partial charge in [-0.2, -0.15) is 25.5 Å². The average Bonchev–Trinajstić information content (AvgIpc) is 1.68. The normalized spacial score (nSPS) is 21.9. The third kappa shape index (κ3) is 35.2. The molecule has 9 aliphatic rings. The molecular formula is C92H154BClIN12O12S2. The van der Waals surface area contributed by atoms with Crippen LogP contribution in [0.1, 0.15) is 305 Å². The molecule has 3 saturated heterocycles. The Morgan fingerprint density at radius 2 is 0.810 bits per heavy atom. The molecule has 4 N–H and O–H groups in total. The smallest absolute Gasteiger partial charge is 0.261 e. The van der Waals surface area contributed by atoms with E-state index in [1.807, 2.05) is 82.3 Å². The molecule has 2 aromatic carbocycles. The molecule has 121 heavy (non-hydrogen) atoms. The van der Waals surface area contributed by atoms with Gasteiger partial charge >= 0.3 is 0 Å². The van der Waals surface area contributed by atoms with Crippen molar-refractivity contribution in [3.8, 4) is 0 Å². The van der Waals surface area contributed by atoms with E-state index in [-0.39, 0.29) is 90.6 Å². The van der Waals surface area contributed by atoms with Crippen molar-refractivity contribution in [1.82, 2.24) is 49.3 Å². The molecule has 29 heteroatoms. The number of ketones is 1. The number of aromatic amines is 1. The standard InChI is InChI=1S/C13H20N2O2.C12H17N3.C12H21N3.C11H16N2O.C9H11IO2S.C9H16O2.C8H14O3.C7H7ClO2S.C5H8N2.6CH4.B/c1-10-9-11(2)15(14-10)12-3-5-13(6-4-12)16-7-8-17-13;1-9-8-10(2)15(14-9)12-6-4-11(13-3)5-7-12;1-9-7-10(2)15(14-9)12-5-3-11(8-13)4-6-12;1-8-7-9(2)13(12-8)10-3-5-11(14)6-4-10;1-7-3-5-9(6-4-7)13(11,12)8(2)10;1-8-2-4-9(5-3-8)10-6-7-11-9;9-7-1-3-8(4-2-7)10-5-6-11-8;1-6-2-4-7(5-3-6)11(8,9)10;1-4-3-5(2)7-6-4;;;;;;;/h9,12H,3-8H2,1-2H3;8,11-12H,4-7H2,1-2H3;7,11-12H,3-6,8,13H2,1-2H3;7,10H,3-6H2,1-2H3;3-6,8H,1-2H3;8H,2-7H2,1H3;7,9H,1-6H2;2-5H,1H3;3H,1-2H3,(H,6,7);6*1H4;. The number of halogens is 2. The predicted molar refractivity (Wildman–Crippen MR) is 501 cm³/mol. The van der Waals surface area contributed by atoms with Gasteiger partial charge in [0.25, 0.3) is 9.05 Å². The number of aliphatic hydroxyl groups is 1. The molecule has 0 amide bonds. The van der Waals surface area contributed by atoms with Crippen LogP contribution in [-0.2, 0) is 52.1 Å². The molecule has 683 valence electrons. The van der Waals surface area contributed by atoms with E-state index in [0.29, 0.717) is 34.8 Å². The first-order chi connectivity index (χ1) is 54.1. The van der Waals surface area contributed by atoms with Gasteiger partial charge < -0.3 is 44.1 Å². The van der Waals surface area contributed by atoms with E-state index in [9.17, 15) is 26.7 Å². The molecule has 7 aromatic rings. The molecule has 6 aliphatic carbocycles. The fraction of sp³-hybridized carbons (Fsp3) is 0.685. The Hall–Kier alpha value is -5.69. The number of nitrogens with zero attached hydrogens (tertiary/aromatic N) is 10. The maximum absolute atomic E-state index is 11.6. The second-order valence-electron chi connectivity index (χ2n) is 32.6. The Morgan fingerprint density at radius 3 is 1.09 bits per heavy atom. The van der Waals surface area contributed by atoms with Crippen molar-refractivity contribution in [1.29, 1.82) is 0 Å². The molecule has 6 saturated carbocycles. The van der Waals surface area contributed by atoms with Crippen LogP contribution in [0.25, 0.3) is 4.85 Å². The van der Waals surface area contributed by atoms with Gasteiger partial charge in [-0.05, 0) is 253 Å². The molecule has 3 radical (unpaired) electrons. The molecule has 3 aliphatic heterocycles. The lowest BCUT2D eigenvalue weighted by molar-refractivity contribution is -0.187. The molecule has 16 rings (SSSR count). The number of nitrogens with one attached hydrogen (secondary N) is 1. The number of sulfone groups is 1. The molecule has 1 atom stereocenters. The number of aliphatic hydroxyl groups excluding tert-OH is 1. The van der Waals surface area contributed by atoms with Crippen LogP contribution in [0.4, 0.5) is 0 Å². The number of hydrogen-bond donors (Lipinski definition) is 3. The highest BCUT2D eigenvalue weighted by Gasteiger charge is 2.43. The zero-order valence-electron chi connectivity index (χ0n) is 70.8. The number of benzene rings is 2. The third-order valence-electron chi connectivity index (χ3n) is 22.9. The Labute approximate surface area is 750 Å². The summed E-state index contributed by atoms with van der Waals surface area (Å²) in [5.74, 6) is 1.31. The fourth-order valence-corrected chi connectivity index (χ4v) is 18.9. The first-order valence-electron chi connectivity index (χ1n) is 41.3. The van der Waals surface area contributed by atoms with Crippen LogP contribution in [0, 0.1) is 101 Å². The van der Waals surface area contributed by atoms with Gasteiger partial charge in [0.15, 0.2) is 27.2 Å². The highest BCUT2D eigenvalue weighted by Crippen LogP contribution is 2.42. The number of alkyl halides is 1. The zero-order chi connectivity index (χ0) is 83.0. The minimum absolute atomic E-state index is 0. The summed E-state index contributed by atoms with van der Waals surface area (Å²) < 4.78 is 86.6. The maximum atomic E-state index is 11.6. The van der Waals surface area contributed by atoms with Crippen LogP contribution in [0.5, 0.6) is 0 Å². The van der Waals surface area contributed by atoms with Crippen LogP contribution in [0.3, 0.4) is 0 Å². The summed E-state index contributed by atoms with van der Waals surface area (Å²) in [4.78, 5) is 15.3. The third-order valence-corrected chi connectivity index (χ3v) is 28.1. The lowest BCUT2D eigenvalue weighted by Crippen LogP contribution is -2.36. The van der Waals surface area contributed by atoms with E-state index in [2.05, 4.69) is 127 Å². The van der Waals surface area contributed by atoms with E-state index in [1.54, 1.807) is 31.2 Å². The molecular weight excluding hydrogens is 1700 g/mol. The summed E-state index contributed by atoms with van der Waals surface area (Å²) in [6.45, 7) is 40.8. The molecule has 1 unspecified atom stereocenters. The number of Topliss-reactive ketones (excluding diaryl/α,β-unsaturated/α-hetero) is 1. The summed E-state index contributed by atoms with van der Waals surface area (Å²) in [6, 6.07) is 26.2. The number of hydrogen-bond acceptors (Lipinski definition) is 18. The molecule has 5 aromatic heterocycles. The van der Waals surface area contributed by atoms with Crippen LogP contribution in [0.15, 0.2) is 88.7 Å². The second kappa shape index (κ2) is 53.7. The molecule has 8 heterocycles. The second-order valence-corrected chi connectivity index (χ2v) is 40.1. The van der Waals surface area contributed by atoms with E-state index >= 15 is 0 Å². The van der Waals surface area contributed by atoms with Crippen molar-refractivity contribution < 1.29 is 55.2 Å². The lowest BCUT2D eigenvalue weighted by atomic mass is 9.86. The van der Waals surface area contributed by atoms with Gasteiger partial charge in [0, 0.05) is 112 Å². The topological polar surface area (TPSA) is 291 Å². The summed E-state index contributed by atoms with van der Waals surface area (Å²) in [7, 11) is -1.57. The van der Waals surface area contributed by atoms with Gasteiger partial charge in [0.1, 0.15) is 9.04 Å². The quantitative estimate of drug-likeness (QED) is 0.0419. The number of aryl methyl sites for hydroxylation is 12. The van der Waals surface area contributed by atoms with Gasteiger partial charge in [-0.3, -0.25) is 28.6 Å². The van der Waals surface area contributed by atoms with Crippen molar-refractivity contribution in [2.45, 2.75) is 362 Å². The Morgan fingerprint density at radius 1 is 0.496 bits per heavy atom. The van der Waals surface area contributed by atoms with E-state index in [1.165, 1.54) is 73.4 Å². The molecule has 0 bridgehead atoms. The van der Waals surface area contributed by atoms with Gasteiger partial charge in [-0.1, -0.05) is 109 Å². The zero-order valence-corrected chi connectivity index (χ0v) is 75.3. The summed E-state index contributed by atoms with van der Waals surface area (Å²) >= 11 is 1.91. The highest BCUT2D eigenvalue weighted by atomic mass is 127. The first-order valence-corrected chi connectivity index (χ1v) is 46.4. The van der Waals surface area contributed by atoms with Crippen molar-refractivity contribution >= 4 is 66.4 Å². The summed E-state index contributed by atoms with van der Waals surface area (Å²) in [6.07, 6.45) is 24.8. The van der Waals surface area contributed by atoms with E-state index in [4.69, 9.17) is 51.4 Å². The van der Waals surface area contributed by atoms with Crippen molar-refractivity contribution in [3.05, 3.63) is 158 Å². The van der Waals surface area contributed by atoms with Gasteiger partial charge in [-0.25, -0.2) is 23.4 Å². The Bertz CT molecular complexity index is 4270. The molecule has 3 spiro atoms. The number of rotatable bonds is 8. The minimum atomic E-state index is -3.55. The Balaban J connectivity index is 0.000000680. The number of ether oxygens (including phenoxy) is 6. The van der Waals surface area contributed by atoms with E-state index in [0.717, 1.165) is 219 Å². The Kier molecular flexibility index (Phi) is 50.3. The predicted octanol–water partition coefficient (Wildman–Crippen LogP) is 21.2. The van der Waals surface area contributed by atoms with Crippen molar-refractivity contribution in [2.24, 2.45) is 17.6 Å². The minimum Gasteiger partial charge on any atom is -0.393 e. The summed E-state index contributed by atoms with van der Waals surface area (Å²) in [5, 5.41) is 34.1. The van der Waals surface area contributed by atoms with Gasteiger partial charge in [-0.15, -0.1) is 0 Å². The van der Waals surface area contributed by atoms with Crippen molar-refractivity contribution in [2.75, 3.05) is 46.2 Å². The number of carbonyl (C=O) groups is 1. The fourth-order valence-electron chi connectivity index (χ4n) is 16.3. The monoisotopic (exact) mass is 1860 g/mol. The SMILES string of the molecule is C.C.C.C.C.C.CC1CCC2(CC1)OCCO2.Cc1cc(C)[nH]n1.Cc1cc(C)n(C2CCC(=O)CC2)n1.Cc1cc(C)n(C2CCC(CN)CC2)n1.Cc1cc(C)n(C2CCC3(CC2)OCCO3)n1.Cc1ccc(S(=O)(=O)C(C)I)cc1.Cc1ccc(S(=O)(=O)Cl)cc1.OC1CCC2(CC1)OCCO2.[B].[C-]#[N+]C1CCC(n2nc(C)cc2C)CC1. The average molecular weight is 1860 g/mol. The van der Waals surface area contributed by atoms with Crippen LogP contribution in [0.2, 0.25) is 0 Å². The number of aromatic nitrogens is 10. The summed E-state index contributed by atoms with van der Waals surface area (Å²) in [5.41, 5.74) is 19.4. The maximum Gasteiger partial charge on any atom is 0.261 e.